The quantitative estimate of drug-likeness (QED) is 0.640. The van der Waals surface area contributed by atoms with Crippen molar-refractivity contribution in [3.8, 4) is 0 Å². The Kier molecular flexibility index (Phi) is 2.60. The number of rotatable bonds is 1. The van der Waals surface area contributed by atoms with Gasteiger partial charge in [0.1, 0.15) is 18.3 Å². The van der Waals surface area contributed by atoms with Crippen molar-refractivity contribution in [3.63, 3.8) is 0 Å². The zero-order valence-electron chi connectivity index (χ0n) is 7.30. The van der Waals surface area contributed by atoms with Crippen LogP contribution in [0.4, 0.5) is 0 Å². The molecule has 5 heteroatoms. The molecule has 4 atom stereocenters. The van der Waals surface area contributed by atoms with E-state index in [0.29, 0.717) is 13.2 Å². The number of aliphatic hydroxyl groups is 1. The molecule has 2 rings (SSSR count). The first-order chi connectivity index (χ1) is 6.18. The summed E-state index contributed by atoms with van der Waals surface area (Å²) in [7, 11) is 0. The highest BCUT2D eigenvalue weighted by molar-refractivity contribution is 8.14. The Bertz CT molecular complexity index is 220. The molecule has 2 aliphatic heterocycles. The molecule has 2 aliphatic rings. The van der Waals surface area contributed by atoms with Crippen LogP contribution in [0.5, 0.6) is 0 Å². The van der Waals surface area contributed by atoms with Gasteiger partial charge in [0.25, 0.3) is 0 Å². The maximum Gasteiger partial charge on any atom is 0.186 e. The number of carbonyl (C=O) groups is 1. The summed E-state index contributed by atoms with van der Waals surface area (Å²) in [5, 5.41) is 9.53. The maximum atomic E-state index is 10.9. The Hall–Kier alpha value is -0.100. The van der Waals surface area contributed by atoms with Crippen LogP contribution in [0.3, 0.4) is 0 Å². The third-order valence-electron chi connectivity index (χ3n) is 2.30. The van der Waals surface area contributed by atoms with Gasteiger partial charge in [-0.1, -0.05) is 11.8 Å². The summed E-state index contributed by atoms with van der Waals surface area (Å²) in [6.45, 7) is 2.35. The molecule has 0 bridgehead atoms. The molecule has 0 aromatic carbocycles. The van der Waals surface area contributed by atoms with E-state index in [1.165, 1.54) is 18.7 Å². The van der Waals surface area contributed by atoms with Crippen LogP contribution in [0.15, 0.2) is 0 Å². The number of carbonyl (C=O) groups excluding carboxylic acids is 1. The van der Waals surface area contributed by atoms with Gasteiger partial charge in [0.05, 0.1) is 18.5 Å². The minimum atomic E-state index is -0.525. The fraction of sp³-hybridized carbons (Fsp3) is 0.875. The summed E-state index contributed by atoms with van der Waals surface area (Å²) in [6.07, 6.45) is -0.858. The molecule has 0 aromatic rings. The van der Waals surface area contributed by atoms with E-state index in [9.17, 15) is 9.90 Å². The zero-order valence-corrected chi connectivity index (χ0v) is 8.12. The van der Waals surface area contributed by atoms with E-state index in [4.69, 9.17) is 9.47 Å². The number of ether oxygens (including phenoxy) is 2. The van der Waals surface area contributed by atoms with Crippen molar-refractivity contribution in [2.24, 2.45) is 0 Å². The normalized spacial score (nSPS) is 43.5. The summed E-state index contributed by atoms with van der Waals surface area (Å²) in [6, 6.07) is 0. The largest absolute Gasteiger partial charge is 0.388 e. The predicted octanol–water partition coefficient (Wildman–Crippen LogP) is -0.207. The highest BCUT2D eigenvalue weighted by atomic mass is 32.2. The number of hydrogen-bond donors (Lipinski definition) is 1. The molecule has 0 amide bonds. The second-order valence-corrected chi connectivity index (χ2v) is 4.73. The average molecular weight is 204 g/mol. The molecule has 13 heavy (non-hydrogen) atoms. The highest BCUT2D eigenvalue weighted by Gasteiger charge is 2.47. The van der Waals surface area contributed by atoms with Crippen LogP contribution in [0.1, 0.15) is 6.92 Å². The van der Waals surface area contributed by atoms with Gasteiger partial charge in [-0.3, -0.25) is 4.79 Å². The van der Waals surface area contributed by atoms with Crippen molar-refractivity contribution < 1.29 is 19.4 Å². The molecule has 2 heterocycles. The van der Waals surface area contributed by atoms with Gasteiger partial charge in [0.15, 0.2) is 5.12 Å². The standard InChI is InChI=1S/C8H12O4S/c1-4(9)13-6-3-12-7-5(10)2-11-8(6)7/h5-8,10H,2-3H2,1H3. The van der Waals surface area contributed by atoms with Gasteiger partial charge in [-0.05, 0) is 0 Å². The fourth-order valence-electron chi connectivity index (χ4n) is 1.76. The Morgan fingerprint density at radius 2 is 2.08 bits per heavy atom. The Balaban J connectivity index is 1.98. The average Bonchev–Trinajstić information content (AvgIpc) is 2.56. The van der Waals surface area contributed by atoms with Gasteiger partial charge < -0.3 is 14.6 Å². The van der Waals surface area contributed by atoms with Gasteiger partial charge in [0.2, 0.25) is 0 Å². The third kappa shape index (κ3) is 1.74. The van der Waals surface area contributed by atoms with E-state index in [2.05, 4.69) is 0 Å². The summed E-state index contributed by atoms with van der Waals surface area (Å²) in [4.78, 5) is 10.9. The summed E-state index contributed by atoms with van der Waals surface area (Å²) >= 11 is 1.24. The Labute approximate surface area is 80.6 Å². The molecule has 4 nitrogen and oxygen atoms in total. The lowest BCUT2D eigenvalue weighted by Gasteiger charge is -2.12. The summed E-state index contributed by atoms with van der Waals surface area (Å²) in [5.74, 6) is 0. The zero-order chi connectivity index (χ0) is 9.42. The molecule has 0 aliphatic carbocycles. The van der Waals surface area contributed by atoms with Crippen molar-refractivity contribution in [1.29, 1.82) is 0 Å². The SMILES string of the molecule is CC(=O)SC1COC2C(O)COC12. The minimum absolute atomic E-state index is 0.0552. The van der Waals surface area contributed by atoms with E-state index in [1.807, 2.05) is 0 Å². The molecular weight excluding hydrogens is 192 g/mol. The van der Waals surface area contributed by atoms with Crippen LogP contribution in [0.2, 0.25) is 0 Å². The van der Waals surface area contributed by atoms with Gasteiger partial charge in [0, 0.05) is 6.92 Å². The van der Waals surface area contributed by atoms with Crippen LogP contribution in [-0.2, 0) is 14.3 Å². The summed E-state index contributed by atoms with van der Waals surface area (Å²) in [5.41, 5.74) is 0. The van der Waals surface area contributed by atoms with E-state index in [-0.39, 0.29) is 22.6 Å². The maximum absolute atomic E-state index is 10.9. The first-order valence-corrected chi connectivity index (χ1v) is 5.15. The third-order valence-corrected chi connectivity index (χ3v) is 3.34. The Morgan fingerprint density at radius 3 is 2.77 bits per heavy atom. The molecule has 74 valence electrons. The van der Waals surface area contributed by atoms with Crippen molar-refractivity contribution in [2.75, 3.05) is 13.2 Å². The van der Waals surface area contributed by atoms with E-state index in [1.54, 1.807) is 0 Å². The van der Waals surface area contributed by atoms with Crippen LogP contribution >= 0.6 is 11.8 Å². The van der Waals surface area contributed by atoms with Crippen LogP contribution in [-0.4, -0.2) is 47.0 Å². The molecule has 0 radical (unpaired) electrons. The van der Waals surface area contributed by atoms with Gasteiger partial charge in [-0.25, -0.2) is 0 Å². The predicted molar refractivity (Wildman–Crippen MR) is 47.5 cm³/mol. The molecular formula is C8H12O4S. The lowest BCUT2D eigenvalue weighted by atomic mass is 10.1. The first-order valence-electron chi connectivity index (χ1n) is 4.27. The minimum Gasteiger partial charge on any atom is -0.388 e. The lowest BCUT2D eigenvalue weighted by molar-refractivity contribution is -0.109. The number of thioether (sulfide) groups is 1. The number of aliphatic hydroxyl groups excluding tert-OH is 1. The van der Waals surface area contributed by atoms with Crippen molar-refractivity contribution in [3.05, 3.63) is 0 Å². The van der Waals surface area contributed by atoms with Crippen LogP contribution < -0.4 is 0 Å². The summed E-state index contributed by atoms with van der Waals surface area (Å²) < 4.78 is 10.7. The van der Waals surface area contributed by atoms with E-state index in [0.717, 1.165) is 0 Å². The second-order valence-electron chi connectivity index (χ2n) is 3.31. The van der Waals surface area contributed by atoms with E-state index >= 15 is 0 Å². The highest BCUT2D eigenvalue weighted by Crippen LogP contribution is 2.33. The second kappa shape index (κ2) is 3.57. The van der Waals surface area contributed by atoms with Gasteiger partial charge >= 0.3 is 0 Å². The number of fused-ring (bicyclic) bond motifs is 1. The molecule has 0 spiro atoms. The smallest absolute Gasteiger partial charge is 0.186 e. The fourth-order valence-corrected chi connectivity index (χ4v) is 2.70. The first kappa shape index (κ1) is 9.45. The van der Waals surface area contributed by atoms with E-state index < -0.39 is 6.10 Å². The number of hydrogen-bond acceptors (Lipinski definition) is 5. The van der Waals surface area contributed by atoms with Gasteiger partial charge in [-0.2, -0.15) is 0 Å². The molecule has 4 unspecified atom stereocenters. The molecule has 0 saturated carbocycles. The molecule has 0 aromatic heterocycles. The monoisotopic (exact) mass is 204 g/mol. The van der Waals surface area contributed by atoms with Crippen molar-refractivity contribution >= 4 is 16.9 Å². The molecule has 2 fully saturated rings. The topological polar surface area (TPSA) is 55.8 Å². The van der Waals surface area contributed by atoms with Crippen LogP contribution in [0.25, 0.3) is 0 Å². The van der Waals surface area contributed by atoms with Crippen molar-refractivity contribution in [1.82, 2.24) is 0 Å². The van der Waals surface area contributed by atoms with Gasteiger partial charge in [-0.15, -0.1) is 0 Å². The van der Waals surface area contributed by atoms with Crippen molar-refractivity contribution in [2.45, 2.75) is 30.5 Å². The Morgan fingerprint density at radius 1 is 1.38 bits per heavy atom. The molecule has 2 saturated heterocycles. The van der Waals surface area contributed by atoms with Crippen LogP contribution in [0, 0.1) is 0 Å². The lowest BCUT2D eigenvalue weighted by Crippen LogP contribution is -2.30. The molecule has 1 N–H and O–H groups in total.